The van der Waals surface area contributed by atoms with Crippen LogP contribution in [0.5, 0.6) is 0 Å². The molecule has 0 aromatic rings. The van der Waals surface area contributed by atoms with Crippen molar-refractivity contribution in [2.45, 2.75) is 38.3 Å². The number of fused-ring (bicyclic) bond motifs is 1. The maximum atomic E-state index is 12.6. The summed E-state index contributed by atoms with van der Waals surface area (Å²) >= 11 is 0. The standard InChI is InChI=1S/C13H22N2O2/c1-9-11-7-14-6-10(11)8-15(9)12(16)13(2)4-3-5-17-13/h9-11,14H,3-8H2,1-2H3. The van der Waals surface area contributed by atoms with Crippen molar-refractivity contribution in [1.29, 1.82) is 0 Å². The number of rotatable bonds is 1. The van der Waals surface area contributed by atoms with Crippen LogP contribution < -0.4 is 5.32 Å². The van der Waals surface area contributed by atoms with Crippen LogP contribution in [0.15, 0.2) is 0 Å². The Kier molecular flexibility index (Phi) is 2.67. The summed E-state index contributed by atoms with van der Waals surface area (Å²) < 4.78 is 5.68. The van der Waals surface area contributed by atoms with Gasteiger partial charge in [-0.15, -0.1) is 0 Å². The first kappa shape index (κ1) is 11.5. The van der Waals surface area contributed by atoms with E-state index in [1.165, 1.54) is 0 Å². The van der Waals surface area contributed by atoms with E-state index in [-0.39, 0.29) is 5.91 Å². The van der Waals surface area contributed by atoms with Crippen LogP contribution in [0.4, 0.5) is 0 Å². The average molecular weight is 238 g/mol. The van der Waals surface area contributed by atoms with Gasteiger partial charge in [-0.05, 0) is 38.5 Å². The quantitative estimate of drug-likeness (QED) is 0.728. The van der Waals surface area contributed by atoms with E-state index < -0.39 is 5.60 Å². The van der Waals surface area contributed by atoms with Crippen molar-refractivity contribution < 1.29 is 9.53 Å². The molecule has 3 fully saturated rings. The van der Waals surface area contributed by atoms with Gasteiger partial charge < -0.3 is 15.0 Å². The summed E-state index contributed by atoms with van der Waals surface area (Å²) in [7, 11) is 0. The molecule has 4 nitrogen and oxygen atoms in total. The molecule has 3 aliphatic rings. The molecule has 3 rings (SSSR count). The number of carbonyl (C=O) groups excluding carboxylic acids is 1. The molecular formula is C13H22N2O2. The van der Waals surface area contributed by atoms with Crippen LogP contribution in [0.25, 0.3) is 0 Å². The van der Waals surface area contributed by atoms with Crippen LogP contribution in [0.1, 0.15) is 26.7 Å². The molecule has 3 heterocycles. The molecule has 1 amide bonds. The van der Waals surface area contributed by atoms with Gasteiger partial charge >= 0.3 is 0 Å². The summed E-state index contributed by atoms with van der Waals surface area (Å²) in [6.07, 6.45) is 1.89. The fourth-order valence-corrected chi connectivity index (χ4v) is 3.69. The minimum Gasteiger partial charge on any atom is -0.365 e. The molecule has 3 saturated heterocycles. The number of ether oxygens (including phenoxy) is 1. The van der Waals surface area contributed by atoms with E-state index in [1.807, 2.05) is 6.92 Å². The number of carbonyl (C=O) groups is 1. The third-order valence-electron chi connectivity index (χ3n) is 4.87. The lowest BCUT2D eigenvalue weighted by molar-refractivity contribution is -0.152. The van der Waals surface area contributed by atoms with Gasteiger partial charge in [-0.1, -0.05) is 0 Å². The van der Waals surface area contributed by atoms with Crippen LogP contribution in [0, 0.1) is 11.8 Å². The first-order chi connectivity index (χ1) is 8.12. The molecule has 4 heteroatoms. The van der Waals surface area contributed by atoms with E-state index in [2.05, 4.69) is 17.1 Å². The largest absolute Gasteiger partial charge is 0.365 e. The fourth-order valence-electron chi connectivity index (χ4n) is 3.69. The van der Waals surface area contributed by atoms with E-state index in [1.54, 1.807) is 0 Å². The average Bonchev–Trinajstić information content (AvgIpc) is 2.97. The summed E-state index contributed by atoms with van der Waals surface area (Å²) in [6.45, 7) is 7.92. The summed E-state index contributed by atoms with van der Waals surface area (Å²) in [5, 5.41) is 3.42. The maximum absolute atomic E-state index is 12.6. The van der Waals surface area contributed by atoms with Crippen molar-refractivity contribution in [2.24, 2.45) is 11.8 Å². The zero-order valence-corrected chi connectivity index (χ0v) is 10.7. The third kappa shape index (κ3) is 1.69. The van der Waals surface area contributed by atoms with Gasteiger partial charge in [-0.25, -0.2) is 0 Å². The lowest BCUT2D eigenvalue weighted by Crippen LogP contribution is -2.49. The Morgan fingerprint density at radius 2 is 2.29 bits per heavy atom. The summed E-state index contributed by atoms with van der Waals surface area (Å²) in [6, 6.07) is 0.364. The molecule has 0 radical (unpaired) electrons. The Bertz CT molecular complexity index is 325. The van der Waals surface area contributed by atoms with E-state index in [9.17, 15) is 4.79 Å². The van der Waals surface area contributed by atoms with Crippen molar-refractivity contribution >= 4 is 5.91 Å². The van der Waals surface area contributed by atoms with Crippen LogP contribution >= 0.6 is 0 Å². The first-order valence-corrected chi connectivity index (χ1v) is 6.77. The second-order valence-corrected chi connectivity index (χ2v) is 5.96. The number of amides is 1. The Morgan fingerprint density at radius 1 is 1.47 bits per heavy atom. The highest BCUT2D eigenvalue weighted by Crippen LogP contribution is 2.36. The number of hydrogen-bond donors (Lipinski definition) is 1. The van der Waals surface area contributed by atoms with Crippen LogP contribution in [-0.2, 0) is 9.53 Å². The smallest absolute Gasteiger partial charge is 0.254 e. The molecule has 4 unspecified atom stereocenters. The number of nitrogens with one attached hydrogen (secondary N) is 1. The van der Waals surface area contributed by atoms with E-state index in [0.717, 1.165) is 39.1 Å². The zero-order valence-electron chi connectivity index (χ0n) is 10.7. The first-order valence-electron chi connectivity index (χ1n) is 6.77. The normalized spacial score (nSPS) is 45.3. The third-order valence-corrected chi connectivity index (χ3v) is 4.87. The topological polar surface area (TPSA) is 41.6 Å². The fraction of sp³-hybridized carbons (Fsp3) is 0.923. The molecule has 96 valence electrons. The van der Waals surface area contributed by atoms with Crippen LogP contribution in [0.3, 0.4) is 0 Å². The number of nitrogens with zero attached hydrogens (tertiary/aromatic N) is 1. The lowest BCUT2D eigenvalue weighted by Gasteiger charge is -2.32. The molecular weight excluding hydrogens is 216 g/mol. The number of hydrogen-bond acceptors (Lipinski definition) is 3. The van der Waals surface area contributed by atoms with Gasteiger partial charge in [-0.3, -0.25) is 4.79 Å². The van der Waals surface area contributed by atoms with Gasteiger partial charge in [0.2, 0.25) is 0 Å². The Hall–Kier alpha value is -0.610. The van der Waals surface area contributed by atoms with Gasteiger partial charge in [0.1, 0.15) is 5.60 Å². The molecule has 0 spiro atoms. The van der Waals surface area contributed by atoms with Gasteiger partial charge in [0, 0.05) is 32.3 Å². The predicted octanol–water partition coefficient (Wildman–Crippen LogP) is 0.622. The Morgan fingerprint density at radius 3 is 2.94 bits per heavy atom. The van der Waals surface area contributed by atoms with Crippen LogP contribution in [0.2, 0.25) is 0 Å². The molecule has 4 atom stereocenters. The van der Waals surface area contributed by atoms with Gasteiger partial charge in [0.05, 0.1) is 0 Å². The highest BCUT2D eigenvalue weighted by Gasteiger charge is 2.49. The SMILES string of the molecule is CC1C2CNCC2CN1C(=O)C1(C)CCCO1. The minimum atomic E-state index is -0.541. The highest BCUT2D eigenvalue weighted by molar-refractivity contribution is 5.85. The van der Waals surface area contributed by atoms with Crippen molar-refractivity contribution in [3.8, 4) is 0 Å². The van der Waals surface area contributed by atoms with E-state index in [4.69, 9.17) is 4.74 Å². The molecule has 0 aromatic carbocycles. The van der Waals surface area contributed by atoms with E-state index in [0.29, 0.717) is 17.9 Å². The lowest BCUT2D eigenvalue weighted by atomic mass is 9.95. The molecule has 17 heavy (non-hydrogen) atoms. The minimum absolute atomic E-state index is 0.219. The monoisotopic (exact) mass is 238 g/mol. The second kappa shape index (κ2) is 3.95. The van der Waals surface area contributed by atoms with Crippen molar-refractivity contribution in [3.05, 3.63) is 0 Å². The van der Waals surface area contributed by atoms with Crippen molar-refractivity contribution in [3.63, 3.8) is 0 Å². The molecule has 1 N–H and O–H groups in total. The predicted molar refractivity (Wildman–Crippen MR) is 64.6 cm³/mol. The molecule has 0 bridgehead atoms. The summed E-state index contributed by atoms with van der Waals surface area (Å²) in [4.78, 5) is 14.7. The molecule has 0 saturated carbocycles. The Labute approximate surface area is 103 Å². The Balaban J connectivity index is 1.75. The molecule has 0 aliphatic carbocycles. The second-order valence-electron chi connectivity index (χ2n) is 5.96. The molecule has 3 aliphatic heterocycles. The van der Waals surface area contributed by atoms with Gasteiger partial charge in [-0.2, -0.15) is 0 Å². The summed E-state index contributed by atoms with van der Waals surface area (Å²) in [5.74, 6) is 1.51. The van der Waals surface area contributed by atoms with E-state index >= 15 is 0 Å². The van der Waals surface area contributed by atoms with Crippen molar-refractivity contribution in [1.82, 2.24) is 10.2 Å². The van der Waals surface area contributed by atoms with Gasteiger partial charge in [0.25, 0.3) is 5.91 Å². The highest BCUT2D eigenvalue weighted by atomic mass is 16.5. The van der Waals surface area contributed by atoms with Crippen molar-refractivity contribution in [2.75, 3.05) is 26.2 Å². The molecule has 0 aromatic heterocycles. The number of likely N-dealkylation sites (tertiary alicyclic amines) is 1. The van der Waals surface area contributed by atoms with Crippen LogP contribution in [-0.4, -0.2) is 48.7 Å². The zero-order chi connectivity index (χ0) is 12.0. The van der Waals surface area contributed by atoms with Gasteiger partial charge in [0.15, 0.2) is 0 Å². The summed E-state index contributed by atoms with van der Waals surface area (Å²) in [5.41, 5.74) is -0.541. The maximum Gasteiger partial charge on any atom is 0.254 e.